The Balaban J connectivity index is 0.000000252. The molecule has 0 atom stereocenters. The van der Waals surface area contributed by atoms with Gasteiger partial charge in [-0.05, 0) is 65.6 Å². The molecule has 0 saturated carbocycles. The van der Waals surface area contributed by atoms with Gasteiger partial charge in [-0.2, -0.15) is 0 Å². The molecule has 1 heterocycles. The lowest BCUT2D eigenvalue weighted by Crippen LogP contribution is -2.18. The minimum absolute atomic E-state index is 0.312. The molecule has 0 aliphatic heterocycles. The molecule has 0 spiro atoms. The molecule has 3 aromatic rings. The summed E-state index contributed by atoms with van der Waals surface area (Å²) in [5, 5.41) is 0. The smallest absolute Gasteiger partial charge is 0.168 e. The maximum Gasteiger partial charge on any atom is 0.168 e. The summed E-state index contributed by atoms with van der Waals surface area (Å²) < 4.78 is 4.58. The topological polar surface area (TPSA) is 30.2 Å². The van der Waals surface area contributed by atoms with Gasteiger partial charge in [-0.25, -0.2) is 0 Å². The summed E-state index contributed by atoms with van der Waals surface area (Å²) >= 11 is 0. The van der Waals surface area contributed by atoms with Crippen molar-refractivity contribution >= 4 is 5.78 Å². The molecule has 120 valence electrons. The first-order valence-corrected chi connectivity index (χ1v) is 8.58. The van der Waals surface area contributed by atoms with Crippen LogP contribution in [-0.2, 0) is 19.3 Å². The van der Waals surface area contributed by atoms with Crippen LogP contribution in [0.3, 0.4) is 0 Å². The molecule has 2 aromatic carbocycles. The minimum Gasteiger partial charge on any atom is -0.473 e. The average Bonchev–Trinajstić information content (AvgIpc) is 3.21. The third kappa shape index (κ3) is 2.69. The SMILES string of the molecule is O=C1Cc2ccccc2-c2ccc3c(c21)CCCC3.c1ccoc1. The zero-order valence-electron chi connectivity index (χ0n) is 13.6. The third-order valence-corrected chi connectivity index (χ3v) is 4.90. The van der Waals surface area contributed by atoms with Gasteiger partial charge in [0.05, 0.1) is 12.5 Å². The van der Waals surface area contributed by atoms with Gasteiger partial charge in [0.25, 0.3) is 0 Å². The first-order chi connectivity index (χ1) is 11.8. The van der Waals surface area contributed by atoms with Crippen LogP contribution in [0.1, 0.15) is 39.9 Å². The molecule has 2 aliphatic rings. The highest BCUT2D eigenvalue weighted by Gasteiger charge is 2.27. The van der Waals surface area contributed by atoms with Gasteiger partial charge in [0.15, 0.2) is 5.78 Å². The van der Waals surface area contributed by atoms with Gasteiger partial charge < -0.3 is 4.42 Å². The van der Waals surface area contributed by atoms with E-state index in [1.807, 2.05) is 18.2 Å². The van der Waals surface area contributed by atoms with Crippen molar-refractivity contribution in [3.8, 4) is 11.1 Å². The predicted octanol–water partition coefficient (Wildman–Crippen LogP) is 5.25. The highest BCUT2D eigenvalue weighted by molar-refractivity contribution is 6.08. The van der Waals surface area contributed by atoms with E-state index >= 15 is 0 Å². The lowest BCUT2D eigenvalue weighted by molar-refractivity contribution is 0.0990. The van der Waals surface area contributed by atoms with Gasteiger partial charge in [0.1, 0.15) is 0 Å². The number of carbonyl (C=O) groups excluding carboxylic acids is 1. The number of rotatable bonds is 0. The summed E-state index contributed by atoms with van der Waals surface area (Å²) in [5.74, 6) is 0.312. The molecule has 2 aliphatic carbocycles. The zero-order chi connectivity index (χ0) is 16.4. The molecule has 0 unspecified atom stereocenters. The Labute approximate surface area is 142 Å². The van der Waals surface area contributed by atoms with E-state index < -0.39 is 0 Å². The second-order valence-corrected chi connectivity index (χ2v) is 6.38. The number of fused-ring (bicyclic) bond motifs is 5. The summed E-state index contributed by atoms with van der Waals surface area (Å²) in [7, 11) is 0. The Morgan fingerprint density at radius 2 is 1.54 bits per heavy atom. The van der Waals surface area contributed by atoms with Crippen LogP contribution < -0.4 is 0 Å². The van der Waals surface area contributed by atoms with Crippen LogP contribution in [0, 0.1) is 0 Å². The number of furan rings is 1. The van der Waals surface area contributed by atoms with Crippen LogP contribution >= 0.6 is 0 Å². The second kappa shape index (κ2) is 6.48. The van der Waals surface area contributed by atoms with Gasteiger partial charge in [0.2, 0.25) is 0 Å². The standard InChI is InChI=1S/C18H16O.C4H4O/c19-17-11-13-6-2-3-7-14(13)16-10-9-12-5-1-4-8-15(12)18(16)17;1-2-4-5-3-1/h2-3,6-7,9-10H,1,4-5,8,11H2;1-4H. The molecule has 2 heteroatoms. The van der Waals surface area contributed by atoms with Crippen molar-refractivity contribution < 1.29 is 9.21 Å². The molecule has 0 radical (unpaired) electrons. The molecule has 1 aromatic heterocycles. The summed E-state index contributed by atoms with van der Waals surface area (Å²) in [6, 6.07) is 16.4. The number of carbonyl (C=O) groups is 1. The zero-order valence-corrected chi connectivity index (χ0v) is 13.6. The maximum absolute atomic E-state index is 12.5. The van der Waals surface area contributed by atoms with Crippen LogP contribution in [0.25, 0.3) is 11.1 Å². The van der Waals surface area contributed by atoms with Gasteiger partial charge in [-0.1, -0.05) is 36.4 Å². The summed E-state index contributed by atoms with van der Waals surface area (Å²) in [5.41, 5.74) is 7.35. The van der Waals surface area contributed by atoms with E-state index in [2.05, 4.69) is 34.7 Å². The minimum atomic E-state index is 0.312. The molecule has 0 fully saturated rings. The normalized spacial score (nSPS) is 14.8. The van der Waals surface area contributed by atoms with Crippen molar-refractivity contribution in [1.82, 2.24) is 0 Å². The van der Waals surface area contributed by atoms with Gasteiger partial charge in [-0.3, -0.25) is 4.79 Å². The fourth-order valence-corrected chi connectivity index (χ4v) is 3.80. The van der Waals surface area contributed by atoms with E-state index in [4.69, 9.17) is 0 Å². The number of hydrogen-bond acceptors (Lipinski definition) is 2. The Hall–Kier alpha value is -2.61. The average molecular weight is 316 g/mol. The number of ketones is 1. The molecule has 0 bridgehead atoms. The lowest BCUT2D eigenvalue weighted by atomic mass is 9.78. The van der Waals surface area contributed by atoms with E-state index in [9.17, 15) is 4.79 Å². The fourth-order valence-electron chi connectivity index (χ4n) is 3.80. The molecular formula is C22H20O2. The summed E-state index contributed by atoms with van der Waals surface area (Å²) in [6.07, 6.45) is 8.51. The van der Waals surface area contributed by atoms with E-state index in [-0.39, 0.29) is 0 Å². The van der Waals surface area contributed by atoms with Crippen LogP contribution in [0.4, 0.5) is 0 Å². The summed E-state index contributed by atoms with van der Waals surface area (Å²) in [4.78, 5) is 12.5. The largest absolute Gasteiger partial charge is 0.473 e. The van der Waals surface area contributed by atoms with E-state index in [0.29, 0.717) is 12.2 Å². The molecular weight excluding hydrogens is 296 g/mol. The number of aryl methyl sites for hydroxylation is 1. The highest BCUT2D eigenvalue weighted by atomic mass is 16.3. The van der Waals surface area contributed by atoms with Crippen molar-refractivity contribution in [2.75, 3.05) is 0 Å². The van der Waals surface area contributed by atoms with Gasteiger partial charge in [-0.15, -0.1) is 0 Å². The van der Waals surface area contributed by atoms with Crippen LogP contribution in [-0.4, -0.2) is 5.78 Å². The van der Waals surface area contributed by atoms with Crippen molar-refractivity contribution in [1.29, 1.82) is 0 Å². The quantitative estimate of drug-likeness (QED) is 0.567. The maximum atomic E-state index is 12.5. The van der Waals surface area contributed by atoms with Gasteiger partial charge >= 0.3 is 0 Å². The van der Waals surface area contributed by atoms with E-state index in [1.165, 1.54) is 35.1 Å². The monoisotopic (exact) mass is 316 g/mol. The number of Topliss-reactive ketones (excluding diaryl/α,β-unsaturated/α-hetero) is 1. The fraction of sp³-hybridized carbons (Fsp3) is 0.227. The Morgan fingerprint density at radius 3 is 2.33 bits per heavy atom. The number of hydrogen-bond donors (Lipinski definition) is 0. The molecule has 5 rings (SSSR count). The Kier molecular flexibility index (Phi) is 4.04. The van der Waals surface area contributed by atoms with Crippen LogP contribution in [0.15, 0.2) is 65.5 Å². The van der Waals surface area contributed by atoms with Crippen molar-refractivity contribution in [2.45, 2.75) is 32.1 Å². The van der Waals surface area contributed by atoms with E-state index in [1.54, 1.807) is 12.5 Å². The third-order valence-electron chi connectivity index (χ3n) is 4.90. The highest BCUT2D eigenvalue weighted by Crippen LogP contribution is 2.38. The lowest BCUT2D eigenvalue weighted by Gasteiger charge is -2.25. The first kappa shape index (κ1) is 14.9. The molecule has 2 nitrogen and oxygen atoms in total. The summed E-state index contributed by atoms with van der Waals surface area (Å²) in [6.45, 7) is 0. The second-order valence-electron chi connectivity index (χ2n) is 6.38. The molecule has 0 N–H and O–H groups in total. The van der Waals surface area contributed by atoms with Crippen LogP contribution in [0.2, 0.25) is 0 Å². The Morgan fingerprint density at radius 1 is 0.750 bits per heavy atom. The van der Waals surface area contributed by atoms with Crippen molar-refractivity contribution in [3.05, 3.63) is 83.3 Å². The first-order valence-electron chi connectivity index (χ1n) is 8.58. The number of benzene rings is 2. The van der Waals surface area contributed by atoms with Crippen LogP contribution in [0.5, 0.6) is 0 Å². The molecule has 24 heavy (non-hydrogen) atoms. The molecule has 0 saturated heterocycles. The Bertz CT molecular complexity index is 842. The van der Waals surface area contributed by atoms with Crippen molar-refractivity contribution in [2.24, 2.45) is 0 Å². The predicted molar refractivity (Wildman–Crippen MR) is 95.3 cm³/mol. The van der Waals surface area contributed by atoms with Crippen molar-refractivity contribution in [3.63, 3.8) is 0 Å². The van der Waals surface area contributed by atoms with Gasteiger partial charge in [0, 0.05) is 12.0 Å². The van der Waals surface area contributed by atoms with E-state index in [0.717, 1.165) is 24.0 Å². The molecule has 0 amide bonds.